The molecule has 0 fully saturated rings. The van der Waals surface area contributed by atoms with Gasteiger partial charge in [0.15, 0.2) is 0 Å². The van der Waals surface area contributed by atoms with Gasteiger partial charge in [-0.3, -0.25) is 0 Å². The van der Waals surface area contributed by atoms with Crippen LogP contribution in [0.15, 0.2) is 47.4 Å². The van der Waals surface area contributed by atoms with E-state index in [4.69, 9.17) is 11.6 Å². The summed E-state index contributed by atoms with van der Waals surface area (Å²) in [5.74, 6) is 0.415. The van der Waals surface area contributed by atoms with Crippen molar-refractivity contribution < 1.29 is 21.6 Å². The number of hydrogen-bond donors (Lipinski definition) is 1. The Labute approximate surface area is 152 Å². The summed E-state index contributed by atoms with van der Waals surface area (Å²) in [5, 5.41) is -0.296. The Morgan fingerprint density at radius 1 is 1.19 bits per heavy atom. The van der Waals surface area contributed by atoms with E-state index in [2.05, 4.69) is 9.71 Å². The Kier molecular flexibility index (Phi) is 4.72. The van der Waals surface area contributed by atoms with Crippen LogP contribution in [0.4, 0.5) is 13.2 Å². The molecule has 1 aromatic heterocycles. The number of benzene rings is 2. The summed E-state index contributed by atoms with van der Waals surface area (Å²) < 4.78 is 67.3. The van der Waals surface area contributed by atoms with E-state index in [9.17, 15) is 21.6 Å². The molecule has 5 nitrogen and oxygen atoms in total. The van der Waals surface area contributed by atoms with Crippen molar-refractivity contribution in [3.63, 3.8) is 0 Å². The number of nitrogens with zero attached hydrogens (tertiary/aromatic N) is 2. The third-order valence-electron chi connectivity index (χ3n) is 3.85. The van der Waals surface area contributed by atoms with E-state index in [1.165, 1.54) is 0 Å². The minimum absolute atomic E-state index is 0.194. The molecule has 3 aromatic rings. The molecule has 26 heavy (non-hydrogen) atoms. The monoisotopic (exact) mass is 403 g/mol. The van der Waals surface area contributed by atoms with Gasteiger partial charge in [-0.25, -0.2) is 18.1 Å². The number of halogens is 4. The van der Waals surface area contributed by atoms with E-state index in [1.54, 1.807) is 23.7 Å². The number of fused-ring (bicyclic) bond motifs is 1. The highest BCUT2D eigenvalue weighted by Gasteiger charge is 2.32. The van der Waals surface area contributed by atoms with E-state index >= 15 is 0 Å². The largest absolute Gasteiger partial charge is 0.416 e. The number of sulfonamides is 1. The smallest absolute Gasteiger partial charge is 0.330 e. The van der Waals surface area contributed by atoms with Gasteiger partial charge in [-0.1, -0.05) is 23.7 Å². The maximum atomic E-state index is 12.8. The first-order valence-corrected chi connectivity index (χ1v) is 9.22. The van der Waals surface area contributed by atoms with Gasteiger partial charge in [-0.2, -0.15) is 13.2 Å². The van der Waals surface area contributed by atoms with Crippen molar-refractivity contribution in [2.45, 2.75) is 17.6 Å². The molecule has 1 N–H and O–H groups in total. The molecular formula is C16H13ClF3N3O2S. The fourth-order valence-electron chi connectivity index (χ4n) is 2.48. The van der Waals surface area contributed by atoms with Crippen LogP contribution in [-0.2, 0) is 29.8 Å². The molecule has 0 spiro atoms. The Morgan fingerprint density at radius 2 is 1.88 bits per heavy atom. The third-order valence-corrected chi connectivity index (χ3v) is 5.73. The molecule has 0 amide bonds. The second-order valence-corrected chi connectivity index (χ2v) is 7.69. The van der Waals surface area contributed by atoms with E-state index in [-0.39, 0.29) is 11.6 Å². The van der Waals surface area contributed by atoms with Gasteiger partial charge in [0.2, 0.25) is 10.0 Å². The lowest BCUT2D eigenvalue weighted by Gasteiger charge is -2.12. The van der Waals surface area contributed by atoms with E-state index in [0.717, 1.165) is 17.6 Å². The predicted octanol–water partition coefficient (Wildman–Crippen LogP) is 3.72. The van der Waals surface area contributed by atoms with Crippen molar-refractivity contribution in [2.75, 3.05) is 0 Å². The lowest BCUT2D eigenvalue weighted by atomic mass is 10.2. The molecule has 0 saturated heterocycles. The molecule has 0 unspecified atom stereocenters. The van der Waals surface area contributed by atoms with Gasteiger partial charge in [0, 0.05) is 7.05 Å². The summed E-state index contributed by atoms with van der Waals surface area (Å²) >= 11 is 5.80. The van der Waals surface area contributed by atoms with Crippen molar-refractivity contribution in [3.8, 4) is 0 Å². The molecule has 138 valence electrons. The second-order valence-electron chi connectivity index (χ2n) is 5.54. The topological polar surface area (TPSA) is 64.0 Å². The Morgan fingerprint density at radius 3 is 2.54 bits per heavy atom. The maximum absolute atomic E-state index is 12.8. The van der Waals surface area contributed by atoms with Crippen LogP contribution in [0, 0.1) is 0 Å². The first-order valence-electron chi connectivity index (χ1n) is 7.36. The zero-order valence-corrected chi connectivity index (χ0v) is 15.0. The number of nitrogens with one attached hydrogen (secondary N) is 1. The van der Waals surface area contributed by atoms with Crippen molar-refractivity contribution in [1.29, 1.82) is 0 Å². The summed E-state index contributed by atoms with van der Waals surface area (Å²) in [4.78, 5) is 3.68. The molecule has 1 heterocycles. The molecule has 0 atom stereocenters. The minimum Gasteiger partial charge on any atom is -0.330 e. The van der Waals surface area contributed by atoms with E-state index in [1.807, 2.05) is 12.1 Å². The number of rotatable bonds is 4. The standard InChI is InChI=1S/C16H13ClF3N3O2S/c1-23-13-5-3-2-4-12(13)22-15(23)9-21-26(24,25)14-8-10(16(18,19)20)6-7-11(14)17/h2-8,21H,9H2,1H3. The molecule has 0 aliphatic heterocycles. The lowest BCUT2D eigenvalue weighted by Crippen LogP contribution is -2.25. The van der Waals surface area contributed by atoms with Gasteiger partial charge in [0.05, 0.1) is 28.2 Å². The van der Waals surface area contributed by atoms with Gasteiger partial charge in [0.1, 0.15) is 10.7 Å². The quantitative estimate of drug-likeness (QED) is 0.722. The highest BCUT2D eigenvalue weighted by molar-refractivity contribution is 7.89. The van der Waals surface area contributed by atoms with Gasteiger partial charge in [-0.05, 0) is 30.3 Å². The van der Waals surface area contributed by atoms with E-state index in [0.29, 0.717) is 17.4 Å². The predicted molar refractivity (Wildman–Crippen MR) is 91.2 cm³/mol. The molecule has 0 aliphatic carbocycles. The molecule has 0 saturated carbocycles. The number of para-hydroxylation sites is 2. The number of aryl methyl sites for hydroxylation is 1. The molecule has 10 heteroatoms. The summed E-state index contributed by atoms with van der Waals surface area (Å²) in [6.45, 7) is -0.194. The minimum atomic E-state index is -4.67. The summed E-state index contributed by atoms with van der Waals surface area (Å²) in [6, 6.07) is 9.37. The zero-order chi connectivity index (χ0) is 19.1. The zero-order valence-electron chi connectivity index (χ0n) is 13.4. The van der Waals surface area contributed by atoms with Gasteiger partial charge in [0.25, 0.3) is 0 Å². The SMILES string of the molecule is Cn1c(CNS(=O)(=O)c2cc(C(F)(F)F)ccc2Cl)nc2ccccc21. The molecule has 0 aliphatic rings. The van der Waals surface area contributed by atoms with Crippen LogP contribution in [0.5, 0.6) is 0 Å². The number of aromatic nitrogens is 2. The molecule has 0 radical (unpaired) electrons. The highest BCUT2D eigenvalue weighted by Crippen LogP contribution is 2.33. The van der Waals surface area contributed by atoms with Crippen molar-refractivity contribution in [1.82, 2.24) is 14.3 Å². The molecule has 3 rings (SSSR count). The van der Waals surface area contributed by atoms with Crippen LogP contribution >= 0.6 is 11.6 Å². The van der Waals surface area contributed by atoms with Crippen LogP contribution in [0.2, 0.25) is 5.02 Å². The van der Waals surface area contributed by atoms with E-state index < -0.39 is 26.7 Å². The average molecular weight is 404 g/mol. The first-order chi connectivity index (χ1) is 12.1. The molecule has 2 aromatic carbocycles. The molecule has 0 bridgehead atoms. The maximum Gasteiger partial charge on any atom is 0.416 e. The Balaban J connectivity index is 1.90. The van der Waals surface area contributed by atoms with Gasteiger partial charge in [-0.15, -0.1) is 0 Å². The van der Waals surface area contributed by atoms with Crippen LogP contribution in [0.3, 0.4) is 0 Å². The summed E-state index contributed by atoms with van der Waals surface area (Å²) in [5.41, 5.74) is 0.394. The Bertz CT molecular complexity index is 1080. The normalized spacial score (nSPS) is 12.7. The third kappa shape index (κ3) is 3.55. The summed E-state index contributed by atoms with van der Waals surface area (Å²) in [7, 11) is -2.54. The number of alkyl halides is 3. The fourth-order valence-corrected chi connectivity index (χ4v) is 3.98. The summed E-state index contributed by atoms with van der Waals surface area (Å²) in [6.07, 6.45) is -4.67. The molecular weight excluding hydrogens is 391 g/mol. The van der Waals surface area contributed by atoms with Gasteiger partial charge < -0.3 is 4.57 Å². The van der Waals surface area contributed by atoms with Crippen LogP contribution < -0.4 is 4.72 Å². The fraction of sp³-hybridized carbons (Fsp3) is 0.188. The first kappa shape index (κ1) is 18.7. The van der Waals surface area contributed by atoms with Crippen LogP contribution in [0.1, 0.15) is 11.4 Å². The average Bonchev–Trinajstić information content (AvgIpc) is 2.89. The van der Waals surface area contributed by atoms with Crippen molar-refractivity contribution in [3.05, 3.63) is 58.9 Å². The van der Waals surface area contributed by atoms with Crippen LogP contribution in [0.25, 0.3) is 11.0 Å². The lowest BCUT2D eigenvalue weighted by molar-refractivity contribution is -0.137. The number of imidazole rings is 1. The van der Waals surface area contributed by atoms with Crippen molar-refractivity contribution in [2.24, 2.45) is 7.05 Å². The van der Waals surface area contributed by atoms with Crippen molar-refractivity contribution >= 4 is 32.7 Å². The Hall–Kier alpha value is -2.10. The highest BCUT2D eigenvalue weighted by atomic mass is 35.5. The second kappa shape index (κ2) is 6.57. The number of hydrogen-bond acceptors (Lipinski definition) is 3. The van der Waals surface area contributed by atoms with Gasteiger partial charge >= 0.3 is 6.18 Å². The van der Waals surface area contributed by atoms with Crippen LogP contribution in [-0.4, -0.2) is 18.0 Å².